The van der Waals surface area contributed by atoms with E-state index >= 15 is 0 Å². The fourth-order valence-corrected chi connectivity index (χ4v) is 1.06. The number of benzene rings is 1. The van der Waals surface area contributed by atoms with Gasteiger partial charge in [-0.25, -0.2) is 0 Å². The first-order valence-corrected chi connectivity index (χ1v) is 5.44. The zero-order chi connectivity index (χ0) is 10.8. The summed E-state index contributed by atoms with van der Waals surface area (Å²) < 4.78 is 0. The molecule has 0 amide bonds. The van der Waals surface area contributed by atoms with Crippen LogP contribution < -0.4 is 5.73 Å². The molecule has 14 heavy (non-hydrogen) atoms. The monoisotopic (exact) mass is 193 g/mol. The van der Waals surface area contributed by atoms with E-state index in [1.165, 1.54) is 30.4 Å². The van der Waals surface area contributed by atoms with Crippen molar-refractivity contribution in [2.24, 2.45) is 5.73 Å². The second-order valence-electron chi connectivity index (χ2n) is 3.58. The van der Waals surface area contributed by atoms with Crippen LogP contribution in [0.5, 0.6) is 0 Å². The van der Waals surface area contributed by atoms with Crippen molar-refractivity contribution in [3.63, 3.8) is 0 Å². The minimum absolute atomic E-state index is 0.855. The molecule has 0 radical (unpaired) electrons. The molecule has 0 heterocycles. The van der Waals surface area contributed by atoms with Crippen LogP contribution in [0, 0.1) is 13.8 Å². The highest BCUT2D eigenvalue weighted by Gasteiger charge is 1.83. The van der Waals surface area contributed by atoms with Gasteiger partial charge in [-0.3, -0.25) is 0 Å². The Morgan fingerprint density at radius 1 is 1.00 bits per heavy atom. The van der Waals surface area contributed by atoms with Crippen LogP contribution >= 0.6 is 0 Å². The average molecular weight is 193 g/mol. The molecular weight excluding hydrogens is 170 g/mol. The lowest BCUT2D eigenvalue weighted by Crippen LogP contribution is -1.96. The molecule has 1 aromatic carbocycles. The normalized spacial score (nSPS) is 9.14. The first-order chi connectivity index (χ1) is 6.72. The van der Waals surface area contributed by atoms with E-state index in [2.05, 4.69) is 45.0 Å². The van der Waals surface area contributed by atoms with Crippen molar-refractivity contribution in [2.45, 2.75) is 40.0 Å². The molecule has 0 spiro atoms. The highest BCUT2D eigenvalue weighted by atomic mass is 14.5. The molecule has 0 saturated carbocycles. The van der Waals surface area contributed by atoms with Crippen molar-refractivity contribution in [3.8, 4) is 0 Å². The minimum Gasteiger partial charge on any atom is -0.330 e. The second kappa shape index (κ2) is 8.76. The molecule has 0 aromatic heterocycles. The number of hydrogen-bond acceptors (Lipinski definition) is 1. The zero-order valence-electron chi connectivity index (χ0n) is 9.72. The molecule has 80 valence electrons. The third-order valence-electron chi connectivity index (χ3n) is 2.23. The molecule has 1 nitrogen and oxygen atoms in total. The summed E-state index contributed by atoms with van der Waals surface area (Å²) in [6.45, 7) is 7.27. The Morgan fingerprint density at radius 3 is 1.71 bits per heavy atom. The molecule has 1 rings (SSSR count). The van der Waals surface area contributed by atoms with Crippen LogP contribution in [-0.2, 0) is 0 Å². The van der Waals surface area contributed by atoms with Crippen molar-refractivity contribution in [1.29, 1.82) is 0 Å². The van der Waals surface area contributed by atoms with E-state index in [9.17, 15) is 0 Å². The molecule has 0 unspecified atom stereocenters. The van der Waals surface area contributed by atoms with Crippen LogP contribution in [0.3, 0.4) is 0 Å². The Labute approximate surface area is 88.3 Å². The van der Waals surface area contributed by atoms with Crippen LogP contribution in [0.15, 0.2) is 24.3 Å². The number of aryl methyl sites for hydroxylation is 2. The summed E-state index contributed by atoms with van der Waals surface area (Å²) in [6, 6.07) is 8.36. The van der Waals surface area contributed by atoms with Gasteiger partial charge < -0.3 is 5.73 Å². The summed E-state index contributed by atoms with van der Waals surface area (Å²) in [7, 11) is 0. The van der Waals surface area contributed by atoms with Gasteiger partial charge in [-0.2, -0.15) is 0 Å². The van der Waals surface area contributed by atoms with E-state index in [1.54, 1.807) is 0 Å². The van der Waals surface area contributed by atoms with Gasteiger partial charge in [0.2, 0.25) is 0 Å². The molecular formula is C13H23N. The van der Waals surface area contributed by atoms with Crippen LogP contribution in [0.25, 0.3) is 0 Å². The first kappa shape index (κ1) is 13.2. The molecule has 0 aliphatic rings. The van der Waals surface area contributed by atoms with Crippen molar-refractivity contribution < 1.29 is 0 Å². The van der Waals surface area contributed by atoms with Crippen LogP contribution in [0.2, 0.25) is 0 Å². The zero-order valence-corrected chi connectivity index (χ0v) is 9.72. The van der Waals surface area contributed by atoms with Gasteiger partial charge in [0, 0.05) is 0 Å². The quantitative estimate of drug-likeness (QED) is 0.731. The number of hydrogen-bond donors (Lipinski definition) is 1. The Balaban J connectivity index is 0.000000255. The van der Waals surface area contributed by atoms with Gasteiger partial charge in [0.1, 0.15) is 0 Å². The van der Waals surface area contributed by atoms with E-state index in [4.69, 9.17) is 5.73 Å². The van der Waals surface area contributed by atoms with E-state index in [0.29, 0.717) is 0 Å². The standard InChI is InChI=1S/C8H10.C5H13N/c1-7-5-3-4-6-8(7)2;1-2-3-4-5-6/h3-6H,1-2H3;2-6H2,1H3. The third-order valence-corrected chi connectivity index (χ3v) is 2.23. The average Bonchev–Trinajstić information content (AvgIpc) is 2.20. The van der Waals surface area contributed by atoms with Gasteiger partial charge in [0.25, 0.3) is 0 Å². The van der Waals surface area contributed by atoms with Crippen molar-refractivity contribution in [2.75, 3.05) is 6.54 Å². The fraction of sp³-hybridized carbons (Fsp3) is 0.538. The summed E-state index contributed by atoms with van der Waals surface area (Å²) >= 11 is 0. The van der Waals surface area contributed by atoms with Gasteiger partial charge >= 0.3 is 0 Å². The van der Waals surface area contributed by atoms with Crippen LogP contribution in [0.1, 0.15) is 37.3 Å². The maximum atomic E-state index is 5.21. The number of rotatable bonds is 3. The Hall–Kier alpha value is -0.820. The van der Waals surface area contributed by atoms with E-state index in [0.717, 1.165) is 6.54 Å². The predicted molar refractivity (Wildman–Crippen MR) is 64.5 cm³/mol. The Morgan fingerprint density at radius 2 is 1.50 bits per heavy atom. The summed E-state index contributed by atoms with van der Waals surface area (Å²) in [4.78, 5) is 0. The van der Waals surface area contributed by atoms with Gasteiger partial charge in [0.05, 0.1) is 0 Å². The summed E-state index contributed by atoms with van der Waals surface area (Å²) in [5.74, 6) is 0. The smallest absolute Gasteiger partial charge is 0.00773 e. The molecule has 0 atom stereocenters. The topological polar surface area (TPSA) is 26.0 Å². The largest absolute Gasteiger partial charge is 0.330 e. The predicted octanol–water partition coefficient (Wildman–Crippen LogP) is 3.44. The first-order valence-electron chi connectivity index (χ1n) is 5.44. The molecule has 0 bridgehead atoms. The molecule has 1 aromatic rings. The molecule has 2 N–H and O–H groups in total. The van der Waals surface area contributed by atoms with Gasteiger partial charge in [-0.05, 0) is 37.9 Å². The summed E-state index contributed by atoms with van der Waals surface area (Å²) in [6.07, 6.45) is 3.75. The lowest BCUT2D eigenvalue weighted by atomic mass is 10.1. The number of nitrogens with two attached hydrogens (primary N) is 1. The van der Waals surface area contributed by atoms with Crippen molar-refractivity contribution in [3.05, 3.63) is 35.4 Å². The highest BCUT2D eigenvalue weighted by molar-refractivity contribution is 5.23. The maximum absolute atomic E-state index is 5.21. The van der Waals surface area contributed by atoms with Gasteiger partial charge in [-0.1, -0.05) is 44.0 Å². The summed E-state index contributed by atoms with van der Waals surface area (Å²) in [5.41, 5.74) is 7.95. The molecule has 0 saturated heterocycles. The minimum atomic E-state index is 0.855. The molecule has 0 aliphatic heterocycles. The maximum Gasteiger partial charge on any atom is -0.00773 e. The molecule has 0 aliphatic carbocycles. The Bertz CT molecular complexity index is 205. The van der Waals surface area contributed by atoms with Gasteiger partial charge in [-0.15, -0.1) is 0 Å². The fourth-order valence-electron chi connectivity index (χ4n) is 1.06. The van der Waals surface area contributed by atoms with Gasteiger partial charge in [0.15, 0.2) is 0 Å². The Kier molecular flexibility index (Phi) is 8.25. The highest BCUT2D eigenvalue weighted by Crippen LogP contribution is 2.02. The van der Waals surface area contributed by atoms with Crippen LogP contribution in [0.4, 0.5) is 0 Å². The second-order valence-corrected chi connectivity index (χ2v) is 3.58. The van der Waals surface area contributed by atoms with E-state index in [1.807, 2.05) is 0 Å². The van der Waals surface area contributed by atoms with E-state index in [-0.39, 0.29) is 0 Å². The molecule has 0 fully saturated rings. The lowest BCUT2D eigenvalue weighted by molar-refractivity contribution is 0.727. The number of unbranched alkanes of at least 4 members (excludes halogenated alkanes) is 2. The van der Waals surface area contributed by atoms with Crippen LogP contribution in [-0.4, -0.2) is 6.54 Å². The van der Waals surface area contributed by atoms with E-state index < -0.39 is 0 Å². The molecule has 1 heteroatoms. The third kappa shape index (κ3) is 6.67. The van der Waals surface area contributed by atoms with Crippen molar-refractivity contribution in [1.82, 2.24) is 0 Å². The summed E-state index contributed by atoms with van der Waals surface area (Å²) in [5, 5.41) is 0. The van der Waals surface area contributed by atoms with Crippen molar-refractivity contribution >= 4 is 0 Å². The lowest BCUT2D eigenvalue weighted by Gasteiger charge is -1.93. The SMILES string of the molecule is CCCCCN.Cc1ccccc1C.